The van der Waals surface area contributed by atoms with Crippen LogP contribution in [0.15, 0.2) is 24.3 Å². The highest BCUT2D eigenvalue weighted by molar-refractivity contribution is 5.65. The molecule has 3 nitrogen and oxygen atoms in total. The molecule has 1 fully saturated rings. The number of rotatable bonds is 4. The molecule has 3 heteroatoms. The summed E-state index contributed by atoms with van der Waals surface area (Å²) in [5.41, 5.74) is 8.13. The molecule has 0 bridgehead atoms. The van der Waals surface area contributed by atoms with E-state index in [1.54, 1.807) is 0 Å². The first-order valence-corrected chi connectivity index (χ1v) is 5.90. The lowest BCUT2D eigenvalue weighted by Gasteiger charge is -2.47. The van der Waals surface area contributed by atoms with Crippen LogP contribution in [0.5, 0.6) is 0 Å². The van der Waals surface area contributed by atoms with Crippen LogP contribution in [0.4, 0.5) is 11.4 Å². The first-order valence-electron chi connectivity index (χ1n) is 5.90. The van der Waals surface area contributed by atoms with Gasteiger partial charge in [0.05, 0.1) is 11.4 Å². The standard InChI is InChI=1S/C13H21N3/c1-16(2)13(8-5-9-13)10-15-12-7-4-3-6-11(12)14/h3-4,6-7,15H,5,8-10,14H2,1-2H3. The van der Waals surface area contributed by atoms with Gasteiger partial charge in [0, 0.05) is 12.1 Å². The summed E-state index contributed by atoms with van der Waals surface area (Å²) >= 11 is 0. The van der Waals surface area contributed by atoms with Crippen LogP contribution in [-0.4, -0.2) is 31.1 Å². The minimum atomic E-state index is 0.336. The maximum absolute atomic E-state index is 5.91. The lowest BCUT2D eigenvalue weighted by Crippen LogP contribution is -2.54. The van der Waals surface area contributed by atoms with Crippen molar-refractivity contribution in [1.82, 2.24) is 4.90 Å². The number of nitrogens with zero attached hydrogens (tertiary/aromatic N) is 1. The third-order valence-corrected chi connectivity index (χ3v) is 3.80. The zero-order chi connectivity index (χ0) is 11.6. The Labute approximate surface area is 97.6 Å². The van der Waals surface area contributed by atoms with Crippen LogP contribution in [0.3, 0.4) is 0 Å². The van der Waals surface area contributed by atoms with Gasteiger partial charge in [0.1, 0.15) is 0 Å². The topological polar surface area (TPSA) is 41.3 Å². The lowest BCUT2D eigenvalue weighted by atomic mass is 9.75. The zero-order valence-corrected chi connectivity index (χ0v) is 10.2. The molecule has 0 aromatic heterocycles. The van der Waals surface area contributed by atoms with Gasteiger partial charge in [-0.25, -0.2) is 0 Å². The van der Waals surface area contributed by atoms with Crippen LogP contribution in [-0.2, 0) is 0 Å². The molecule has 16 heavy (non-hydrogen) atoms. The Morgan fingerprint density at radius 2 is 2.00 bits per heavy atom. The van der Waals surface area contributed by atoms with Crippen LogP contribution < -0.4 is 11.1 Å². The van der Waals surface area contributed by atoms with Gasteiger partial charge >= 0.3 is 0 Å². The largest absolute Gasteiger partial charge is 0.397 e. The number of benzene rings is 1. The van der Waals surface area contributed by atoms with E-state index in [2.05, 4.69) is 24.3 Å². The van der Waals surface area contributed by atoms with E-state index >= 15 is 0 Å². The molecule has 1 saturated carbocycles. The first-order chi connectivity index (χ1) is 7.64. The summed E-state index contributed by atoms with van der Waals surface area (Å²) in [5.74, 6) is 0. The molecule has 1 aromatic rings. The average molecular weight is 219 g/mol. The minimum Gasteiger partial charge on any atom is -0.397 e. The first kappa shape index (κ1) is 11.3. The highest BCUT2D eigenvalue weighted by Gasteiger charge is 2.38. The van der Waals surface area contributed by atoms with Crippen LogP contribution in [0, 0.1) is 0 Å². The molecule has 0 atom stereocenters. The monoisotopic (exact) mass is 219 g/mol. The Balaban J connectivity index is 1.99. The highest BCUT2D eigenvalue weighted by Crippen LogP contribution is 2.36. The quantitative estimate of drug-likeness (QED) is 0.763. The van der Waals surface area contributed by atoms with E-state index in [1.165, 1.54) is 19.3 Å². The second-order valence-corrected chi connectivity index (χ2v) is 4.91. The molecule has 2 rings (SSSR count). The molecule has 0 heterocycles. The summed E-state index contributed by atoms with van der Waals surface area (Å²) in [6, 6.07) is 7.95. The van der Waals surface area contributed by atoms with E-state index in [4.69, 9.17) is 5.73 Å². The number of anilines is 2. The van der Waals surface area contributed by atoms with Crippen molar-refractivity contribution in [2.24, 2.45) is 0 Å². The van der Waals surface area contributed by atoms with Gasteiger partial charge in [0.15, 0.2) is 0 Å². The molecular weight excluding hydrogens is 198 g/mol. The fraction of sp³-hybridized carbons (Fsp3) is 0.538. The number of para-hydroxylation sites is 2. The Bertz CT molecular complexity index is 356. The summed E-state index contributed by atoms with van der Waals surface area (Å²) in [4.78, 5) is 2.34. The number of hydrogen-bond donors (Lipinski definition) is 2. The van der Waals surface area contributed by atoms with Crippen LogP contribution in [0.1, 0.15) is 19.3 Å². The molecule has 0 unspecified atom stereocenters. The molecule has 3 N–H and O–H groups in total. The number of nitrogens with one attached hydrogen (secondary N) is 1. The second-order valence-electron chi connectivity index (χ2n) is 4.91. The van der Waals surface area contributed by atoms with Gasteiger partial charge in [-0.15, -0.1) is 0 Å². The third-order valence-electron chi connectivity index (χ3n) is 3.80. The predicted octanol–water partition coefficient (Wildman–Crippen LogP) is 2.17. The van der Waals surface area contributed by atoms with Gasteiger partial charge in [-0.1, -0.05) is 12.1 Å². The third kappa shape index (κ3) is 2.00. The van der Waals surface area contributed by atoms with Gasteiger partial charge in [-0.2, -0.15) is 0 Å². The van der Waals surface area contributed by atoms with Crippen LogP contribution >= 0.6 is 0 Å². The summed E-state index contributed by atoms with van der Waals surface area (Å²) in [7, 11) is 4.32. The normalized spacial score (nSPS) is 18.2. The molecule has 0 aliphatic heterocycles. The maximum atomic E-state index is 5.91. The van der Waals surface area contributed by atoms with Gasteiger partial charge in [-0.05, 0) is 45.5 Å². The van der Waals surface area contributed by atoms with Crippen molar-refractivity contribution in [1.29, 1.82) is 0 Å². The number of hydrogen-bond acceptors (Lipinski definition) is 3. The van der Waals surface area contributed by atoms with Gasteiger partial charge in [-0.3, -0.25) is 0 Å². The average Bonchev–Trinajstić information content (AvgIpc) is 2.18. The number of likely N-dealkylation sites (N-methyl/N-ethyl adjacent to an activating group) is 1. The molecule has 88 valence electrons. The molecule has 1 aromatic carbocycles. The van der Waals surface area contributed by atoms with Crippen LogP contribution in [0.25, 0.3) is 0 Å². The van der Waals surface area contributed by atoms with Crippen molar-refractivity contribution in [2.45, 2.75) is 24.8 Å². The van der Waals surface area contributed by atoms with Gasteiger partial charge in [0.25, 0.3) is 0 Å². The smallest absolute Gasteiger partial charge is 0.0574 e. The Hall–Kier alpha value is -1.22. The fourth-order valence-corrected chi connectivity index (χ4v) is 2.28. The maximum Gasteiger partial charge on any atom is 0.0574 e. The van der Waals surface area contributed by atoms with E-state index < -0.39 is 0 Å². The van der Waals surface area contributed by atoms with E-state index in [0.29, 0.717) is 5.54 Å². The predicted molar refractivity (Wildman–Crippen MR) is 69.6 cm³/mol. The lowest BCUT2D eigenvalue weighted by molar-refractivity contribution is 0.0739. The molecule has 0 radical (unpaired) electrons. The van der Waals surface area contributed by atoms with Gasteiger partial charge < -0.3 is 16.0 Å². The van der Waals surface area contributed by atoms with Crippen molar-refractivity contribution in [3.63, 3.8) is 0 Å². The zero-order valence-electron chi connectivity index (χ0n) is 10.2. The Morgan fingerprint density at radius 1 is 1.31 bits per heavy atom. The molecule has 0 saturated heterocycles. The number of nitrogen functional groups attached to an aromatic ring is 1. The van der Waals surface area contributed by atoms with Crippen molar-refractivity contribution in [3.05, 3.63) is 24.3 Å². The SMILES string of the molecule is CN(C)C1(CNc2ccccc2N)CCC1. The van der Waals surface area contributed by atoms with E-state index in [1.807, 2.05) is 24.3 Å². The second kappa shape index (κ2) is 4.34. The van der Waals surface area contributed by atoms with Crippen molar-refractivity contribution < 1.29 is 0 Å². The molecule has 0 spiro atoms. The van der Waals surface area contributed by atoms with Crippen molar-refractivity contribution in [3.8, 4) is 0 Å². The van der Waals surface area contributed by atoms with Crippen molar-refractivity contribution >= 4 is 11.4 Å². The summed E-state index contributed by atoms with van der Waals surface area (Å²) in [5, 5.41) is 3.47. The minimum absolute atomic E-state index is 0.336. The van der Waals surface area contributed by atoms with E-state index in [9.17, 15) is 0 Å². The van der Waals surface area contributed by atoms with Gasteiger partial charge in [0.2, 0.25) is 0 Å². The molecular formula is C13H21N3. The summed E-state index contributed by atoms with van der Waals surface area (Å²) in [6.45, 7) is 0.980. The fourth-order valence-electron chi connectivity index (χ4n) is 2.28. The van der Waals surface area contributed by atoms with E-state index in [-0.39, 0.29) is 0 Å². The Morgan fingerprint density at radius 3 is 2.50 bits per heavy atom. The van der Waals surface area contributed by atoms with Crippen LogP contribution in [0.2, 0.25) is 0 Å². The molecule has 1 aliphatic rings. The number of nitrogens with two attached hydrogens (primary N) is 1. The van der Waals surface area contributed by atoms with E-state index in [0.717, 1.165) is 17.9 Å². The summed E-state index contributed by atoms with van der Waals surface area (Å²) < 4.78 is 0. The Kier molecular flexibility index (Phi) is 3.06. The highest BCUT2D eigenvalue weighted by atomic mass is 15.2. The molecule has 1 aliphatic carbocycles. The molecule has 0 amide bonds. The summed E-state index contributed by atoms with van der Waals surface area (Å²) in [6.07, 6.45) is 3.89. The van der Waals surface area contributed by atoms with Crippen molar-refractivity contribution in [2.75, 3.05) is 31.7 Å².